The van der Waals surface area contributed by atoms with Gasteiger partial charge in [0.2, 0.25) is 0 Å². The van der Waals surface area contributed by atoms with Gasteiger partial charge in [0, 0.05) is 13.1 Å². The lowest BCUT2D eigenvalue weighted by molar-refractivity contribution is -0.144. The Morgan fingerprint density at radius 1 is 1.33 bits per heavy atom. The first kappa shape index (κ1) is 15.4. The second-order valence-corrected chi connectivity index (χ2v) is 5.83. The Labute approximate surface area is 110 Å². The smallest absolute Gasteiger partial charge is 0.323 e. The van der Waals surface area contributed by atoms with Gasteiger partial charge in [-0.1, -0.05) is 6.42 Å². The number of carbonyl (C=O) groups is 1. The van der Waals surface area contributed by atoms with Gasteiger partial charge in [0.25, 0.3) is 0 Å². The van der Waals surface area contributed by atoms with Crippen LogP contribution in [0.1, 0.15) is 25.7 Å². The van der Waals surface area contributed by atoms with Gasteiger partial charge in [0.1, 0.15) is 5.54 Å². The standard InChI is InChI=1S/C13H27N3O2/c1-15(2)9-10-16(3)8-6-11-5-4-7-13(11,14)12(17)18/h11H,4-10,14H2,1-3H3,(H,17,18). The average molecular weight is 257 g/mol. The fraction of sp³-hybridized carbons (Fsp3) is 0.923. The van der Waals surface area contributed by atoms with Gasteiger partial charge in [-0.05, 0) is 52.9 Å². The van der Waals surface area contributed by atoms with E-state index in [2.05, 4.69) is 30.9 Å². The number of carboxylic acids is 1. The van der Waals surface area contributed by atoms with E-state index in [4.69, 9.17) is 5.73 Å². The van der Waals surface area contributed by atoms with Gasteiger partial charge < -0.3 is 20.6 Å². The molecule has 1 saturated carbocycles. The van der Waals surface area contributed by atoms with E-state index in [0.717, 1.165) is 38.9 Å². The van der Waals surface area contributed by atoms with Crippen LogP contribution in [0.3, 0.4) is 0 Å². The van der Waals surface area contributed by atoms with Crippen LogP contribution in [0.4, 0.5) is 0 Å². The Kier molecular flexibility index (Phi) is 5.56. The summed E-state index contributed by atoms with van der Waals surface area (Å²) >= 11 is 0. The largest absolute Gasteiger partial charge is 0.480 e. The lowest BCUT2D eigenvalue weighted by Crippen LogP contribution is -2.51. The maximum Gasteiger partial charge on any atom is 0.323 e. The third kappa shape index (κ3) is 3.93. The first-order valence-electron chi connectivity index (χ1n) is 6.72. The summed E-state index contributed by atoms with van der Waals surface area (Å²) in [6.07, 6.45) is 3.39. The summed E-state index contributed by atoms with van der Waals surface area (Å²) in [4.78, 5) is 15.6. The topological polar surface area (TPSA) is 69.8 Å². The molecule has 2 unspecified atom stereocenters. The van der Waals surface area contributed by atoms with Crippen molar-refractivity contribution >= 4 is 5.97 Å². The van der Waals surface area contributed by atoms with Crippen LogP contribution in [0.2, 0.25) is 0 Å². The molecule has 1 aliphatic carbocycles. The number of rotatable bonds is 7. The summed E-state index contributed by atoms with van der Waals surface area (Å²) in [6, 6.07) is 0. The Hall–Kier alpha value is -0.650. The van der Waals surface area contributed by atoms with Crippen LogP contribution in [-0.4, -0.2) is 67.2 Å². The van der Waals surface area contributed by atoms with Crippen LogP contribution in [0.25, 0.3) is 0 Å². The highest BCUT2D eigenvalue weighted by Crippen LogP contribution is 2.36. The van der Waals surface area contributed by atoms with Crippen LogP contribution in [0.5, 0.6) is 0 Å². The average Bonchev–Trinajstić information content (AvgIpc) is 2.66. The zero-order valence-corrected chi connectivity index (χ0v) is 11.9. The second-order valence-electron chi connectivity index (χ2n) is 5.83. The number of carboxylic acid groups (broad SMARTS) is 1. The summed E-state index contributed by atoms with van der Waals surface area (Å²) in [5.74, 6) is -0.710. The van der Waals surface area contributed by atoms with E-state index in [-0.39, 0.29) is 5.92 Å². The molecule has 0 radical (unpaired) electrons. The SMILES string of the molecule is CN(C)CCN(C)CCC1CCCC1(N)C(=O)O. The summed E-state index contributed by atoms with van der Waals surface area (Å²) in [5.41, 5.74) is 5.04. The number of nitrogens with zero attached hydrogens (tertiary/aromatic N) is 2. The van der Waals surface area contributed by atoms with Crippen LogP contribution in [0, 0.1) is 5.92 Å². The quantitative estimate of drug-likeness (QED) is 0.693. The van der Waals surface area contributed by atoms with E-state index in [1.165, 1.54) is 0 Å². The maximum atomic E-state index is 11.2. The molecule has 0 saturated heterocycles. The molecule has 106 valence electrons. The van der Waals surface area contributed by atoms with Gasteiger partial charge in [-0.25, -0.2) is 0 Å². The normalized spacial score (nSPS) is 28.2. The number of nitrogens with two attached hydrogens (primary N) is 1. The molecule has 5 nitrogen and oxygen atoms in total. The molecule has 0 spiro atoms. The molecule has 1 aliphatic rings. The number of likely N-dealkylation sites (N-methyl/N-ethyl adjacent to an activating group) is 2. The molecule has 0 bridgehead atoms. The number of aliphatic carboxylic acids is 1. The van der Waals surface area contributed by atoms with Gasteiger partial charge in [0.05, 0.1) is 0 Å². The molecule has 5 heteroatoms. The van der Waals surface area contributed by atoms with Crippen molar-refractivity contribution < 1.29 is 9.90 Å². The van der Waals surface area contributed by atoms with Crippen molar-refractivity contribution in [2.75, 3.05) is 40.8 Å². The molecule has 3 N–H and O–H groups in total. The zero-order chi connectivity index (χ0) is 13.8. The molecular formula is C13H27N3O2. The predicted octanol–water partition coefficient (Wildman–Crippen LogP) is 0.452. The minimum absolute atomic E-state index is 0.122. The fourth-order valence-corrected chi connectivity index (χ4v) is 2.64. The first-order valence-corrected chi connectivity index (χ1v) is 6.72. The third-order valence-corrected chi connectivity index (χ3v) is 4.06. The van der Waals surface area contributed by atoms with Crippen molar-refractivity contribution in [1.82, 2.24) is 9.80 Å². The van der Waals surface area contributed by atoms with E-state index in [0.29, 0.717) is 6.42 Å². The van der Waals surface area contributed by atoms with Crippen molar-refractivity contribution in [3.63, 3.8) is 0 Å². The van der Waals surface area contributed by atoms with Gasteiger partial charge >= 0.3 is 5.97 Å². The van der Waals surface area contributed by atoms with Gasteiger partial charge in [0.15, 0.2) is 0 Å². The molecule has 0 heterocycles. The van der Waals surface area contributed by atoms with E-state index < -0.39 is 11.5 Å². The summed E-state index contributed by atoms with van der Waals surface area (Å²) in [7, 11) is 6.19. The number of hydrogen-bond acceptors (Lipinski definition) is 4. The van der Waals surface area contributed by atoms with Crippen LogP contribution in [0.15, 0.2) is 0 Å². The molecular weight excluding hydrogens is 230 g/mol. The molecule has 18 heavy (non-hydrogen) atoms. The molecule has 0 amide bonds. The zero-order valence-electron chi connectivity index (χ0n) is 11.9. The summed E-state index contributed by atoms with van der Waals surface area (Å²) in [5, 5.41) is 9.24. The van der Waals surface area contributed by atoms with Crippen LogP contribution >= 0.6 is 0 Å². The molecule has 0 aliphatic heterocycles. The highest BCUT2D eigenvalue weighted by molar-refractivity contribution is 5.79. The van der Waals surface area contributed by atoms with Crippen LogP contribution < -0.4 is 5.73 Å². The second kappa shape index (κ2) is 6.50. The lowest BCUT2D eigenvalue weighted by atomic mass is 9.85. The van der Waals surface area contributed by atoms with Crippen molar-refractivity contribution in [3.8, 4) is 0 Å². The van der Waals surface area contributed by atoms with E-state index in [1.807, 2.05) is 0 Å². The molecule has 0 aromatic rings. The number of hydrogen-bond donors (Lipinski definition) is 2. The molecule has 0 aromatic heterocycles. The van der Waals surface area contributed by atoms with Crippen molar-refractivity contribution in [1.29, 1.82) is 0 Å². The third-order valence-electron chi connectivity index (χ3n) is 4.06. The van der Waals surface area contributed by atoms with E-state index >= 15 is 0 Å². The van der Waals surface area contributed by atoms with Crippen molar-refractivity contribution in [3.05, 3.63) is 0 Å². The molecule has 0 aromatic carbocycles. The fourth-order valence-electron chi connectivity index (χ4n) is 2.64. The van der Waals surface area contributed by atoms with E-state index in [9.17, 15) is 9.90 Å². The minimum Gasteiger partial charge on any atom is -0.480 e. The van der Waals surface area contributed by atoms with Gasteiger partial charge in [-0.3, -0.25) is 4.79 Å². The highest BCUT2D eigenvalue weighted by Gasteiger charge is 2.45. The maximum absolute atomic E-state index is 11.2. The molecule has 2 atom stereocenters. The highest BCUT2D eigenvalue weighted by atomic mass is 16.4. The Bertz CT molecular complexity index is 283. The Balaban J connectivity index is 2.36. The molecule has 1 fully saturated rings. The van der Waals surface area contributed by atoms with Crippen molar-refractivity contribution in [2.24, 2.45) is 11.7 Å². The monoisotopic (exact) mass is 257 g/mol. The summed E-state index contributed by atoms with van der Waals surface area (Å²) in [6.45, 7) is 2.95. The Morgan fingerprint density at radius 3 is 2.56 bits per heavy atom. The Morgan fingerprint density at radius 2 is 2.00 bits per heavy atom. The van der Waals surface area contributed by atoms with Crippen LogP contribution in [-0.2, 0) is 4.79 Å². The minimum atomic E-state index is -0.984. The summed E-state index contributed by atoms with van der Waals surface area (Å²) < 4.78 is 0. The van der Waals surface area contributed by atoms with Crippen molar-refractivity contribution in [2.45, 2.75) is 31.2 Å². The van der Waals surface area contributed by atoms with Gasteiger partial charge in [-0.2, -0.15) is 0 Å². The van der Waals surface area contributed by atoms with E-state index in [1.54, 1.807) is 0 Å². The first-order chi connectivity index (χ1) is 8.36. The predicted molar refractivity (Wildman–Crippen MR) is 72.6 cm³/mol. The molecule has 1 rings (SSSR count). The lowest BCUT2D eigenvalue weighted by Gasteiger charge is -2.28. The van der Waals surface area contributed by atoms with Gasteiger partial charge in [-0.15, -0.1) is 0 Å².